The highest BCUT2D eigenvalue weighted by atomic mass is 16.2. The maximum atomic E-state index is 12.6. The van der Waals surface area contributed by atoms with E-state index in [9.17, 15) is 9.59 Å². The van der Waals surface area contributed by atoms with Gasteiger partial charge in [0.05, 0.1) is 6.54 Å². The van der Waals surface area contributed by atoms with Crippen LogP contribution in [0.4, 0.5) is 5.69 Å². The van der Waals surface area contributed by atoms with Crippen LogP contribution in [0.25, 0.3) is 0 Å². The molecule has 1 saturated heterocycles. The first kappa shape index (κ1) is 16.5. The number of rotatable bonds is 5. The van der Waals surface area contributed by atoms with Gasteiger partial charge in [-0.05, 0) is 37.6 Å². The van der Waals surface area contributed by atoms with Gasteiger partial charge in [0.25, 0.3) is 5.91 Å². The van der Waals surface area contributed by atoms with Gasteiger partial charge in [0.2, 0.25) is 5.91 Å². The van der Waals surface area contributed by atoms with E-state index in [-0.39, 0.29) is 18.4 Å². The van der Waals surface area contributed by atoms with Gasteiger partial charge in [0, 0.05) is 24.3 Å². The van der Waals surface area contributed by atoms with E-state index in [1.165, 1.54) is 12.8 Å². The number of hydrogen-bond donors (Lipinski definition) is 2. The molecule has 22 heavy (non-hydrogen) atoms. The van der Waals surface area contributed by atoms with Crippen molar-refractivity contribution in [1.29, 1.82) is 0 Å². The first-order valence-corrected chi connectivity index (χ1v) is 8.10. The lowest BCUT2D eigenvalue weighted by Gasteiger charge is -2.20. The van der Waals surface area contributed by atoms with Crippen LogP contribution in [-0.4, -0.2) is 42.9 Å². The second-order valence-corrected chi connectivity index (χ2v) is 5.62. The molecule has 2 N–H and O–H groups in total. The SMILES string of the molecule is CCNCC(=O)Nc1cccc(C(=O)N2CCCCCC2)c1. The van der Waals surface area contributed by atoms with E-state index in [1.54, 1.807) is 6.07 Å². The zero-order valence-corrected chi connectivity index (χ0v) is 13.2. The fourth-order valence-electron chi connectivity index (χ4n) is 2.63. The fourth-order valence-corrected chi connectivity index (χ4v) is 2.63. The summed E-state index contributed by atoms with van der Waals surface area (Å²) in [6.07, 6.45) is 4.55. The fraction of sp³-hybridized carbons (Fsp3) is 0.529. The van der Waals surface area contributed by atoms with Crippen LogP contribution in [0.5, 0.6) is 0 Å². The Hall–Kier alpha value is -1.88. The van der Waals surface area contributed by atoms with Crippen LogP contribution < -0.4 is 10.6 Å². The second-order valence-electron chi connectivity index (χ2n) is 5.62. The summed E-state index contributed by atoms with van der Waals surface area (Å²) in [6, 6.07) is 7.20. The van der Waals surface area contributed by atoms with Gasteiger partial charge < -0.3 is 15.5 Å². The minimum Gasteiger partial charge on any atom is -0.339 e. The molecule has 1 heterocycles. The molecule has 2 rings (SSSR count). The first-order valence-electron chi connectivity index (χ1n) is 8.10. The Morgan fingerprint density at radius 2 is 1.86 bits per heavy atom. The first-order chi connectivity index (χ1) is 10.7. The summed E-state index contributed by atoms with van der Waals surface area (Å²) < 4.78 is 0. The van der Waals surface area contributed by atoms with Crippen molar-refractivity contribution in [2.24, 2.45) is 0 Å². The Morgan fingerprint density at radius 3 is 2.55 bits per heavy atom. The quantitative estimate of drug-likeness (QED) is 0.877. The molecule has 2 amide bonds. The van der Waals surface area contributed by atoms with Gasteiger partial charge in [-0.3, -0.25) is 9.59 Å². The third-order valence-electron chi connectivity index (χ3n) is 3.82. The van der Waals surface area contributed by atoms with E-state index in [4.69, 9.17) is 0 Å². The Morgan fingerprint density at radius 1 is 1.14 bits per heavy atom. The van der Waals surface area contributed by atoms with Gasteiger partial charge in [0.1, 0.15) is 0 Å². The summed E-state index contributed by atoms with van der Waals surface area (Å²) in [6.45, 7) is 4.64. The van der Waals surface area contributed by atoms with E-state index >= 15 is 0 Å². The molecule has 0 bridgehead atoms. The van der Waals surface area contributed by atoms with Gasteiger partial charge in [-0.25, -0.2) is 0 Å². The van der Waals surface area contributed by atoms with E-state index in [0.717, 1.165) is 32.5 Å². The number of anilines is 1. The number of nitrogens with one attached hydrogen (secondary N) is 2. The van der Waals surface area contributed by atoms with Crippen molar-refractivity contribution in [3.05, 3.63) is 29.8 Å². The van der Waals surface area contributed by atoms with Crippen LogP contribution in [0.15, 0.2) is 24.3 Å². The predicted molar refractivity (Wildman–Crippen MR) is 88.0 cm³/mol. The van der Waals surface area contributed by atoms with Crippen LogP contribution in [0.3, 0.4) is 0 Å². The Labute approximate surface area is 132 Å². The summed E-state index contributed by atoms with van der Waals surface area (Å²) in [5.74, 6) is -0.0362. The van der Waals surface area contributed by atoms with Crippen molar-refractivity contribution in [3.8, 4) is 0 Å². The number of likely N-dealkylation sites (N-methyl/N-ethyl adjacent to an activating group) is 1. The molecule has 5 nitrogen and oxygen atoms in total. The summed E-state index contributed by atoms with van der Waals surface area (Å²) in [5.41, 5.74) is 1.31. The highest BCUT2D eigenvalue weighted by Crippen LogP contribution is 2.16. The maximum absolute atomic E-state index is 12.6. The lowest BCUT2D eigenvalue weighted by molar-refractivity contribution is -0.115. The smallest absolute Gasteiger partial charge is 0.253 e. The molecule has 0 radical (unpaired) electrons. The van der Waals surface area contributed by atoms with Crippen LogP contribution in [-0.2, 0) is 4.79 Å². The van der Waals surface area contributed by atoms with Gasteiger partial charge >= 0.3 is 0 Å². The zero-order chi connectivity index (χ0) is 15.8. The minimum absolute atomic E-state index is 0.0599. The average molecular weight is 303 g/mol. The lowest BCUT2D eigenvalue weighted by Crippen LogP contribution is -2.32. The largest absolute Gasteiger partial charge is 0.339 e. The number of nitrogens with zero attached hydrogens (tertiary/aromatic N) is 1. The normalized spacial score (nSPS) is 15.2. The molecule has 0 aromatic heterocycles. The van der Waals surface area contributed by atoms with Crippen molar-refractivity contribution in [3.63, 3.8) is 0 Å². The molecule has 1 aliphatic rings. The number of hydrogen-bond acceptors (Lipinski definition) is 3. The third-order valence-corrected chi connectivity index (χ3v) is 3.82. The molecule has 0 saturated carbocycles. The Kier molecular flexibility index (Phi) is 6.40. The molecule has 1 aromatic carbocycles. The van der Waals surface area contributed by atoms with Crippen LogP contribution >= 0.6 is 0 Å². The van der Waals surface area contributed by atoms with Gasteiger partial charge in [-0.15, -0.1) is 0 Å². The standard InChI is InChI=1S/C17H25N3O2/c1-2-18-13-16(21)19-15-9-7-8-14(12-15)17(22)20-10-5-3-4-6-11-20/h7-9,12,18H,2-6,10-11,13H2,1H3,(H,19,21). The summed E-state index contributed by atoms with van der Waals surface area (Å²) in [4.78, 5) is 26.2. The third kappa shape index (κ3) is 4.84. The van der Waals surface area contributed by atoms with Crippen LogP contribution in [0.1, 0.15) is 43.0 Å². The molecule has 1 fully saturated rings. The lowest BCUT2D eigenvalue weighted by atomic mass is 10.1. The summed E-state index contributed by atoms with van der Waals surface area (Å²) in [5, 5.41) is 5.79. The van der Waals surface area contributed by atoms with Gasteiger partial charge in [0.15, 0.2) is 0 Å². The molecule has 0 spiro atoms. The van der Waals surface area contributed by atoms with Crippen molar-refractivity contribution in [2.75, 3.05) is 31.5 Å². The molecular formula is C17H25N3O2. The average Bonchev–Trinajstić information content (AvgIpc) is 2.81. The molecule has 120 valence electrons. The number of carbonyl (C=O) groups excluding carboxylic acids is 2. The van der Waals surface area contributed by atoms with Crippen LogP contribution in [0, 0.1) is 0 Å². The molecule has 0 unspecified atom stereocenters. The van der Waals surface area contributed by atoms with Gasteiger partial charge in [-0.2, -0.15) is 0 Å². The number of likely N-dealkylation sites (tertiary alicyclic amines) is 1. The monoisotopic (exact) mass is 303 g/mol. The second kappa shape index (κ2) is 8.54. The van der Waals surface area contributed by atoms with E-state index < -0.39 is 0 Å². The topological polar surface area (TPSA) is 61.4 Å². The molecular weight excluding hydrogens is 278 g/mol. The van der Waals surface area contributed by atoms with Crippen molar-refractivity contribution in [1.82, 2.24) is 10.2 Å². The molecule has 5 heteroatoms. The van der Waals surface area contributed by atoms with Crippen molar-refractivity contribution >= 4 is 17.5 Å². The molecule has 1 aliphatic heterocycles. The predicted octanol–water partition coefficient (Wildman–Crippen LogP) is 2.25. The number of amides is 2. The molecule has 0 atom stereocenters. The number of carbonyl (C=O) groups is 2. The Bertz CT molecular complexity index is 508. The molecule has 1 aromatic rings. The molecule has 0 aliphatic carbocycles. The van der Waals surface area contributed by atoms with E-state index in [2.05, 4.69) is 10.6 Å². The minimum atomic E-state index is -0.0961. The maximum Gasteiger partial charge on any atom is 0.253 e. The Balaban J connectivity index is 2.00. The van der Waals surface area contributed by atoms with Crippen LogP contribution in [0.2, 0.25) is 0 Å². The van der Waals surface area contributed by atoms with E-state index in [0.29, 0.717) is 11.3 Å². The highest BCUT2D eigenvalue weighted by molar-refractivity contribution is 5.97. The number of benzene rings is 1. The van der Waals surface area contributed by atoms with E-state index in [1.807, 2.05) is 30.0 Å². The highest BCUT2D eigenvalue weighted by Gasteiger charge is 2.17. The zero-order valence-electron chi connectivity index (χ0n) is 13.2. The van der Waals surface area contributed by atoms with Gasteiger partial charge in [-0.1, -0.05) is 25.8 Å². The van der Waals surface area contributed by atoms with Crippen molar-refractivity contribution in [2.45, 2.75) is 32.6 Å². The van der Waals surface area contributed by atoms with Crippen molar-refractivity contribution < 1.29 is 9.59 Å². The summed E-state index contributed by atoms with van der Waals surface area (Å²) in [7, 11) is 0. The summed E-state index contributed by atoms with van der Waals surface area (Å²) >= 11 is 0.